The molecule has 128 valence electrons. The molecule has 1 rings (SSSR count). The fraction of sp³-hybridized carbons (Fsp3) is 0.625. The van der Waals surface area contributed by atoms with Gasteiger partial charge in [-0.3, -0.25) is 0 Å². The van der Waals surface area contributed by atoms with Gasteiger partial charge in [-0.1, -0.05) is 13.3 Å². The molecule has 0 amide bonds. The smallest absolute Gasteiger partial charge is 0.147 e. The number of rotatable bonds is 11. The van der Waals surface area contributed by atoms with Crippen molar-refractivity contribution in [1.82, 2.24) is 5.32 Å². The topological polar surface area (TPSA) is 30.5 Å². The van der Waals surface area contributed by atoms with Gasteiger partial charge in [-0.25, -0.2) is 0 Å². The van der Waals surface area contributed by atoms with Gasteiger partial charge in [0.15, 0.2) is 0 Å². The van der Waals surface area contributed by atoms with Crippen molar-refractivity contribution >= 4 is 44.3 Å². The van der Waals surface area contributed by atoms with Crippen LogP contribution in [0.2, 0.25) is 0 Å². The molecule has 0 aliphatic heterocycles. The number of hydrogen-bond donors (Lipinski definition) is 1. The van der Waals surface area contributed by atoms with Crippen molar-refractivity contribution in [2.45, 2.75) is 39.7 Å². The highest BCUT2D eigenvalue weighted by atomic mass is 79.9. The molecule has 0 fully saturated rings. The van der Waals surface area contributed by atoms with Crippen LogP contribution in [0.25, 0.3) is 0 Å². The van der Waals surface area contributed by atoms with Crippen molar-refractivity contribution in [3.05, 3.63) is 26.6 Å². The number of hydrogen-bond acceptors (Lipinski definition) is 3. The summed E-state index contributed by atoms with van der Waals surface area (Å²) in [5.74, 6) is 0.866. The third-order valence-corrected chi connectivity index (χ3v) is 4.14. The molecule has 0 unspecified atom stereocenters. The third-order valence-electron chi connectivity index (χ3n) is 2.96. The fourth-order valence-electron chi connectivity index (χ4n) is 1.88. The lowest BCUT2D eigenvalue weighted by atomic mass is 10.2. The SMILES string of the molecule is CCCCOCCCNCc1cc(Br)c(OCC)c(Br)c1.Cl. The van der Waals surface area contributed by atoms with Gasteiger partial charge < -0.3 is 14.8 Å². The van der Waals surface area contributed by atoms with Crippen LogP contribution >= 0.6 is 44.3 Å². The minimum atomic E-state index is 0. The van der Waals surface area contributed by atoms with E-state index in [1.165, 1.54) is 12.0 Å². The molecule has 0 atom stereocenters. The highest BCUT2D eigenvalue weighted by Crippen LogP contribution is 2.34. The van der Waals surface area contributed by atoms with E-state index in [1.807, 2.05) is 6.92 Å². The fourth-order valence-corrected chi connectivity index (χ4v) is 3.39. The van der Waals surface area contributed by atoms with E-state index in [1.54, 1.807) is 0 Å². The van der Waals surface area contributed by atoms with E-state index < -0.39 is 0 Å². The van der Waals surface area contributed by atoms with Gasteiger partial charge in [-0.15, -0.1) is 12.4 Å². The molecular formula is C16H26Br2ClNO2. The summed E-state index contributed by atoms with van der Waals surface area (Å²) in [6.07, 6.45) is 3.39. The Morgan fingerprint density at radius 3 is 2.27 bits per heavy atom. The van der Waals surface area contributed by atoms with Crippen LogP contribution in [0.15, 0.2) is 21.1 Å². The molecular weight excluding hydrogens is 433 g/mol. The first kappa shape index (κ1) is 22.2. The van der Waals surface area contributed by atoms with Crippen LogP contribution < -0.4 is 10.1 Å². The van der Waals surface area contributed by atoms with Crippen molar-refractivity contribution in [3.63, 3.8) is 0 Å². The molecule has 3 nitrogen and oxygen atoms in total. The molecule has 0 heterocycles. The number of ether oxygens (including phenoxy) is 2. The Morgan fingerprint density at radius 1 is 1.05 bits per heavy atom. The third kappa shape index (κ3) is 8.73. The van der Waals surface area contributed by atoms with Crippen LogP contribution in [0.5, 0.6) is 5.75 Å². The van der Waals surface area contributed by atoms with Gasteiger partial charge in [-0.05, 0) is 75.9 Å². The first-order valence-electron chi connectivity index (χ1n) is 7.58. The molecule has 0 radical (unpaired) electrons. The van der Waals surface area contributed by atoms with E-state index >= 15 is 0 Å². The molecule has 22 heavy (non-hydrogen) atoms. The largest absolute Gasteiger partial charge is 0.492 e. The lowest BCUT2D eigenvalue weighted by Crippen LogP contribution is -2.16. The number of benzene rings is 1. The van der Waals surface area contributed by atoms with E-state index in [2.05, 4.69) is 56.2 Å². The van der Waals surface area contributed by atoms with Gasteiger partial charge in [0, 0.05) is 19.8 Å². The maximum Gasteiger partial charge on any atom is 0.147 e. The van der Waals surface area contributed by atoms with Crippen molar-refractivity contribution in [2.24, 2.45) is 0 Å². The molecule has 0 aromatic heterocycles. The average molecular weight is 460 g/mol. The van der Waals surface area contributed by atoms with E-state index in [0.717, 1.165) is 53.8 Å². The lowest BCUT2D eigenvalue weighted by Gasteiger charge is -2.11. The van der Waals surface area contributed by atoms with E-state index in [0.29, 0.717) is 6.61 Å². The lowest BCUT2D eigenvalue weighted by molar-refractivity contribution is 0.129. The highest BCUT2D eigenvalue weighted by molar-refractivity contribution is 9.11. The summed E-state index contributed by atoms with van der Waals surface area (Å²) >= 11 is 7.11. The van der Waals surface area contributed by atoms with Gasteiger partial charge in [0.25, 0.3) is 0 Å². The van der Waals surface area contributed by atoms with Crippen LogP contribution in [-0.4, -0.2) is 26.4 Å². The highest BCUT2D eigenvalue weighted by Gasteiger charge is 2.08. The van der Waals surface area contributed by atoms with Crippen molar-refractivity contribution in [3.8, 4) is 5.75 Å². The summed E-state index contributed by atoms with van der Waals surface area (Å²) in [5.41, 5.74) is 1.23. The normalized spacial score (nSPS) is 10.4. The van der Waals surface area contributed by atoms with Gasteiger partial charge >= 0.3 is 0 Å². The summed E-state index contributed by atoms with van der Waals surface area (Å²) < 4.78 is 13.1. The molecule has 1 aromatic carbocycles. The number of halogens is 3. The zero-order chi connectivity index (χ0) is 15.5. The summed E-state index contributed by atoms with van der Waals surface area (Å²) in [4.78, 5) is 0. The van der Waals surface area contributed by atoms with Crippen LogP contribution in [0, 0.1) is 0 Å². The van der Waals surface area contributed by atoms with Crippen molar-refractivity contribution < 1.29 is 9.47 Å². The summed E-state index contributed by atoms with van der Waals surface area (Å²) in [5, 5.41) is 3.44. The molecule has 0 spiro atoms. The molecule has 0 saturated heterocycles. The maximum absolute atomic E-state index is 5.58. The van der Waals surface area contributed by atoms with Crippen LogP contribution in [0.1, 0.15) is 38.7 Å². The van der Waals surface area contributed by atoms with E-state index in [9.17, 15) is 0 Å². The Kier molecular flexibility index (Phi) is 13.7. The molecule has 0 aliphatic rings. The molecule has 0 bridgehead atoms. The molecule has 1 aromatic rings. The minimum absolute atomic E-state index is 0. The quantitative estimate of drug-likeness (QED) is 0.454. The standard InChI is InChI=1S/C16H25Br2NO2.ClH/c1-3-5-8-20-9-6-7-19-12-13-10-14(17)16(21-4-2)15(18)11-13;/h10-11,19H,3-9,12H2,1-2H3;1H. The Morgan fingerprint density at radius 2 is 1.68 bits per heavy atom. The average Bonchev–Trinajstić information content (AvgIpc) is 2.46. The van der Waals surface area contributed by atoms with Crippen molar-refractivity contribution in [1.29, 1.82) is 0 Å². The second-order valence-electron chi connectivity index (χ2n) is 4.82. The first-order chi connectivity index (χ1) is 10.2. The maximum atomic E-state index is 5.58. The molecule has 1 N–H and O–H groups in total. The Hall–Kier alpha value is 0.190. The minimum Gasteiger partial charge on any atom is -0.492 e. The second-order valence-corrected chi connectivity index (χ2v) is 6.53. The van der Waals surface area contributed by atoms with E-state index in [4.69, 9.17) is 9.47 Å². The Labute approximate surface area is 157 Å². The zero-order valence-electron chi connectivity index (χ0n) is 13.3. The summed E-state index contributed by atoms with van der Waals surface area (Å²) in [7, 11) is 0. The number of unbranched alkanes of at least 4 members (excludes halogenated alkanes) is 1. The molecule has 6 heteroatoms. The predicted octanol–water partition coefficient (Wildman–Crippen LogP) is 5.33. The Balaban J connectivity index is 0.00000441. The van der Waals surface area contributed by atoms with Gasteiger partial charge in [0.2, 0.25) is 0 Å². The van der Waals surface area contributed by atoms with Crippen molar-refractivity contribution in [2.75, 3.05) is 26.4 Å². The number of nitrogens with one attached hydrogen (secondary N) is 1. The first-order valence-corrected chi connectivity index (χ1v) is 9.16. The van der Waals surface area contributed by atoms with Gasteiger partial charge in [0.05, 0.1) is 15.6 Å². The summed E-state index contributed by atoms with van der Waals surface area (Å²) in [6, 6.07) is 4.20. The van der Waals surface area contributed by atoms with E-state index in [-0.39, 0.29) is 12.4 Å². The molecule has 0 saturated carbocycles. The summed E-state index contributed by atoms with van der Waals surface area (Å²) in [6.45, 7) is 8.36. The zero-order valence-corrected chi connectivity index (χ0v) is 17.3. The second kappa shape index (κ2) is 13.6. The van der Waals surface area contributed by atoms with Crippen LogP contribution in [-0.2, 0) is 11.3 Å². The van der Waals surface area contributed by atoms with Crippen LogP contribution in [0.3, 0.4) is 0 Å². The predicted molar refractivity (Wildman–Crippen MR) is 102 cm³/mol. The van der Waals surface area contributed by atoms with Crippen LogP contribution in [0.4, 0.5) is 0 Å². The Bertz CT molecular complexity index is 396. The molecule has 0 aliphatic carbocycles. The van der Waals surface area contributed by atoms with Gasteiger partial charge in [-0.2, -0.15) is 0 Å². The van der Waals surface area contributed by atoms with Gasteiger partial charge in [0.1, 0.15) is 5.75 Å². The monoisotopic (exact) mass is 457 g/mol.